The van der Waals surface area contributed by atoms with E-state index in [0.29, 0.717) is 0 Å². The first-order valence-corrected chi connectivity index (χ1v) is 9.48. The summed E-state index contributed by atoms with van der Waals surface area (Å²) in [5.41, 5.74) is -0.191. The van der Waals surface area contributed by atoms with Gasteiger partial charge in [0.15, 0.2) is 0 Å². The molecule has 1 aromatic rings. The summed E-state index contributed by atoms with van der Waals surface area (Å²) in [6.45, 7) is 8.75. The molecule has 7 heteroatoms. The van der Waals surface area contributed by atoms with Crippen LogP contribution in [0.3, 0.4) is 0 Å². The molecule has 0 atom stereocenters. The molecule has 2 amide bonds. The number of piperidine rings is 2. The number of aromatic nitrogens is 2. The van der Waals surface area contributed by atoms with Gasteiger partial charge in [0.1, 0.15) is 18.0 Å². The van der Waals surface area contributed by atoms with Crippen molar-refractivity contribution in [2.45, 2.75) is 52.1 Å². The lowest BCUT2D eigenvalue weighted by atomic mass is 9.71. The highest BCUT2D eigenvalue weighted by molar-refractivity contribution is 5.76. The average molecular weight is 363 g/mol. The molecule has 1 aromatic heterocycles. The Hall–Kier alpha value is -2.05. The average Bonchev–Trinajstić information content (AvgIpc) is 3.00. The third-order valence-electron chi connectivity index (χ3n) is 5.56. The molecule has 0 aliphatic carbocycles. The number of ether oxygens (including phenoxy) is 1. The number of carbonyl (C=O) groups is 2. The zero-order valence-electron chi connectivity index (χ0n) is 16.4. The summed E-state index contributed by atoms with van der Waals surface area (Å²) in [7, 11) is 1.91. The van der Waals surface area contributed by atoms with E-state index in [1.165, 1.54) is 0 Å². The van der Waals surface area contributed by atoms with Crippen LogP contribution in [0, 0.1) is 5.41 Å². The summed E-state index contributed by atoms with van der Waals surface area (Å²) in [5.74, 6) is 0. The van der Waals surface area contributed by atoms with Gasteiger partial charge in [-0.25, -0.2) is 14.2 Å². The first kappa shape index (κ1) is 18.7. The molecule has 0 unspecified atom stereocenters. The van der Waals surface area contributed by atoms with E-state index in [-0.39, 0.29) is 17.5 Å². The summed E-state index contributed by atoms with van der Waals surface area (Å²) in [5, 5.41) is 0. The van der Waals surface area contributed by atoms with Gasteiger partial charge in [-0.15, -0.1) is 0 Å². The Labute approximate surface area is 155 Å². The number of imidazole rings is 1. The summed E-state index contributed by atoms with van der Waals surface area (Å²) in [6.07, 6.45) is 9.26. The molecule has 144 valence electrons. The number of aryl methyl sites for hydroxylation is 1. The zero-order valence-corrected chi connectivity index (χ0v) is 16.4. The van der Waals surface area contributed by atoms with Crippen LogP contribution >= 0.6 is 0 Å². The van der Waals surface area contributed by atoms with Crippen molar-refractivity contribution < 1.29 is 18.9 Å². The molecular formula is C19H31N4O3+. The standard InChI is InChI=1S/C19H31N4O3/c1-18(2,3)26-17(25)22-11-7-19(8-12-22)5-9-21(10-6-19)16(24)23-14-13-20(4)15-23/h13-15H,5-12H2,1-4H3/q+1. The molecule has 2 aliphatic heterocycles. The van der Waals surface area contributed by atoms with Crippen LogP contribution in [0.4, 0.5) is 9.59 Å². The molecule has 3 heterocycles. The van der Waals surface area contributed by atoms with E-state index in [9.17, 15) is 9.59 Å². The minimum Gasteiger partial charge on any atom is -0.444 e. The predicted octanol–water partition coefficient (Wildman–Crippen LogP) is 2.39. The zero-order chi connectivity index (χ0) is 18.9. The number of amides is 2. The van der Waals surface area contributed by atoms with Crippen molar-refractivity contribution >= 4 is 12.1 Å². The van der Waals surface area contributed by atoms with Crippen molar-refractivity contribution in [3.63, 3.8) is 0 Å². The number of hydrogen-bond donors (Lipinski definition) is 0. The first-order valence-electron chi connectivity index (χ1n) is 9.48. The van der Waals surface area contributed by atoms with Crippen LogP contribution in [-0.2, 0) is 11.8 Å². The Morgan fingerprint density at radius 3 is 2.00 bits per heavy atom. The Kier molecular flexibility index (Phi) is 4.99. The normalized spacial score (nSPS) is 20.3. The van der Waals surface area contributed by atoms with E-state index in [1.54, 1.807) is 17.1 Å². The van der Waals surface area contributed by atoms with Crippen molar-refractivity contribution in [3.8, 4) is 0 Å². The minimum absolute atomic E-state index is 0.0478. The molecule has 26 heavy (non-hydrogen) atoms. The molecule has 0 radical (unpaired) electrons. The SMILES string of the molecule is C[n+]1ccn(C(=O)N2CCC3(CCN(C(=O)OC(C)(C)C)CC3)CC2)c1. The maximum atomic E-state index is 12.6. The molecule has 7 nitrogen and oxygen atoms in total. The van der Waals surface area contributed by atoms with Gasteiger partial charge in [-0.1, -0.05) is 0 Å². The number of nitrogens with zero attached hydrogens (tertiary/aromatic N) is 4. The smallest absolute Gasteiger partial charge is 0.415 e. The fourth-order valence-electron chi connectivity index (χ4n) is 3.89. The number of carbonyl (C=O) groups excluding carboxylic acids is 2. The third-order valence-corrected chi connectivity index (χ3v) is 5.56. The second kappa shape index (κ2) is 6.93. The molecule has 3 rings (SSSR count). The van der Waals surface area contributed by atoms with Crippen LogP contribution in [0.1, 0.15) is 46.5 Å². The molecule has 0 saturated carbocycles. The molecular weight excluding hydrogens is 332 g/mol. The lowest BCUT2D eigenvalue weighted by Crippen LogP contribution is -2.50. The lowest BCUT2D eigenvalue weighted by Gasteiger charge is -2.46. The lowest BCUT2D eigenvalue weighted by molar-refractivity contribution is -0.670. The van der Waals surface area contributed by atoms with Gasteiger partial charge in [0.05, 0.1) is 7.05 Å². The largest absolute Gasteiger partial charge is 0.444 e. The number of rotatable bonds is 0. The van der Waals surface area contributed by atoms with Crippen molar-refractivity contribution in [3.05, 3.63) is 18.7 Å². The Balaban J connectivity index is 1.51. The summed E-state index contributed by atoms with van der Waals surface area (Å²) in [6, 6.07) is 0.0478. The molecule has 2 aliphatic rings. The maximum Gasteiger partial charge on any atom is 0.415 e. The van der Waals surface area contributed by atoms with Crippen molar-refractivity contribution in [2.24, 2.45) is 12.5 Å². The van der Waals surface area contributed by atoms with Crippen molar-refractivity contribution in [2.75, 3.05) is 26.2 Å². The highest BCUT2D eigenvalue weighted by Gasteiger charge is 2.41. The van der Waals surface area contributed by atoms with Crippen LogP contribution in [0.2, 0.25) is 0 Å². The van der Waals surface area contributed by atoms with Crippen molar-refractivity contribution in [1.82, 2.24) is 14.4 Å². The highest BCUT2D eigenvalue weighted by Crippen LogP contribution is 2.41. The second-order valence-corrected chi connectivity index (χ2v) is 8.72. The minimum atomic E-state index is -0.451. The van der Waals surface area contributed by atoms with Gasteiger partial charge in [-0.2, -0.15) is 4.57 Å². The summed E-state index contributed by atoms with van der Waals surface area (Å²) >= 11 is 0. The Morgan fingerprint density at radius 1 is 1.00 bits per heavy atom. The van der Waals surface area contributed by atoms with E-state index < -0.39 is 5.60 Å². The van der Waals surface area contributed by atoms with Gasteiger partial charge in [0.25, 0.3) is 6.33 Å². The first-order chi connectivity index (χ1) is 12.2. The van der Waals surface area contributed by atoms with Gasteiger partial charge in [0.2, 0.25) is 0 Å². The molecule has 2 fully saturated rings. The number of hydrogen-bond acceptors (Lipinski definition) is 3. The second-order valence-electron chi connectivity index (χ2n) is 8.72. The molecule has 0 N–H and O–H groups in total. The van der Waals surface area contributed by atoms with Gasteiger partial charge in [-0.3, -0.25) is 0 Å². The molecule has 2 saturated heterocycles. The van der Waals surface area contributed by atoms with Crippen molar-refractivity contribution in [1.29, 1.82) is 0 Å². The maximum absolute atomic E-state index is 12.6. The van der Waals surface area contributed by atoms with Crippen LogP contribution in [0.5, 0.6) is 0 Å². The molecule has 1 spiro atoms. The highest BCUT2D eigenvalue weighted by atomic mass is 16.6. The molecule has 0 bridgehead atoms. The molecule has 0 aromatic carbocycles. The van der Waals surface area contributed by atoms with Gasteiger partial charge in [-0.05, 0) is 51.9 Å². The van der Waals surface area contributed by atoms with Crippen LogP contribution in [-0.4, -0.2) is 58.3 Å². The van der Waals surface area contributed by atoms with E-state index in [0.717, 1.165) is 51.9 Å². The van der Waals surface area contributed by atoms with Crippen LogP contribution < -0.4 is 4.57 Å². The van der Waals surface area contributed by atoms with E-state index in [1.807, 2.05) is 48.4 Å². The monoisotopic (exact) mass is 363 g/mol. The Bertz CT molecular complexity index is 659. The van der Waals surface area contributed by atoms with E-state index in [2.05, 4.69) is 0 Å². The summed E-state index contributed by atoms with van der Waals surface area (Å²) in [4.78, 5) is 28.6. The Morgan fingerprint density at radius 2 is 1.54 bits per heavy atom. The fraction of sp³-hybridized carbons (Fsp3) is 0.737. The third kappa shape index (κ3) is 4.19. The van der Waals surface area contributed by atoms with Gasteiger partial charge in [0, 0.05) is 26.2 Å². The van der Waals surface area contributed by atoms with Crippen LogP contribution in [0.15, 0.2) is 18.7 Å². The van der Waals surface area contributed by atoms with Gasteiger partial charge < -0.3 is 14.5 Å². The van der Waals surface area contributed by atoms with E-state index >= 15 is 0 Å². The fourth-order valence-corrected chi connectivity index (χ4v) is 3.89. The quantitative estimate of drug-likeness (QED) is 0.665. The van der Waals surface area contributed by atoms with E-state index in [4.69, 9.17) is 4.74 Å². The topological polar surface area (TPSA) is 58.7 Å². The summed E-state index contributed by atoms with van der Waals surface area (Å²) < 4.78 is 8.99. The number of likely N-dealkylation sites (tertiary alicyclic amines) is 2. The van der Waals surface area contributed by atoms with Gasteiger partial charge >= 0.3 is 12.1 Å². The predicted molar refractivity (Wildman–Crippen MR) is 96.7 cm³/mol. The van der Waals surface area contributed by atoms with Crippen LogP contribution in [0.25, 0.3) is 0 Å².